The summed E-state index contributed by atoms with van der Waals surface area (Å²) in [5.41, 5.74) is 0. The summed E-state index contributed by atoms with van der Waals surface area (Å²) in [4.78, 5) is 0. The van der Waals surface area contributed by atoms with Gasteiger partial charge in [0.15, 0.2) is 12.6 Å². The van der Waals surface area contributed by atoms with Crippen molar-refractivity contribution < 1.29 is 114 Å². The number of aliphatic hydroxyl groups excluding tert-OH is 14. The fourth-order valence-electron chi connectivity index (χ4n) is 5.54. The van der Waals surface area contributed by atoms with Crippen LogP contribution in [-0.4, -0.2) is 221 Å². The predicted molar refractivity (Wildman–Crippen MR) is 143 cm³/mol. The van der Waals surface area contributed by atoms with Gasteiger partial charge in [-0.05, 0) is 0 Å². The predicted octanol–water partition coefficient (Wildman–Crippen LogP) is -9.07. The van der Waals surface area contributed by atoms with Crippen LogP contribution in [-0.2, 0) is 42.0 Å². The van der Waals surface area contributed by atoms with Crippen LogP contribution in [0.2, 0.25) is 0 Å². The molecule has 4 saturated heterocycles. The van der Waals surface area contributed by atoms with Crippen LogP contribution in [0.25, 0.3) is 0 Å². The molecular weight excluding hydrogens is 687 g/mol. The summed E-state index contributed by atoms with van der Waals surface area (Å²) < 4.78 is 54.4. The van der Waals surface area contributed by atoms with E-state index in [1.165, 1.54) is 0 Å². The Kier molecular flexibility index (Phi) is 13.6. The van der Waals surface area contributed by atoms with E-state index in [4.69, 9.17) is 37.5 Å². The number of rotatable bonds is 14. The fraction of sp³-hybridized carbons (Fsp3) is 1.00. The first-order chi connectivity index (χ1) is 22.6. The molecule has 14 N–H and O–H groups in total. The topological polar surface area (TPSA) is 374 Å². The third-order valence-corrected chi connectivity index (χ3v) is 9.19. The first-order valence-electron chi connectivity index (χ1n) is 14.6. The maximum Gasteiger partial charge on any atom is 0.697 e. The molecule has 0 aliphatic carbocycles. The van der Waals surface area contributed by atoms with Gasteiger partial charge in [0, 0.05) is 4.57 Å². The van der Waals surface area contributed by atoms with Gasteiger partial charge in [-0.15, -0.1) is 9.05 Å². The highest BCUT2D eigenvalue weighted by Gasteiger charge is 2.60. The van der Waals surface area contributed by atoms with E-state index < -0.39 is 158 Å². The second kappa shape index (κ2) is 16.3. The van der Waals surface area contributed by atoms with Crippen LogP contribution in [0, 0.1) is 0 Å². The standard InChI is InChI=1S/C24H42O23P/c25-1-7-13(31)19(37)23(5-27,44-7)46-21-17(35)15(33)11(29)9(42-21)3-40-48(39)41-4-10-12(30)16(34)18(36)22(43-10)47-24(6-28)20(38)14(32)8(2-26)45-24/h7-22,25-38H,1-6H2/q+1/t7-,8-,9-,10-,11-,12-,13-,14-,15+,16+,17-,18-,19+,20+,21-,22-,23+,24+/m1/s1. The average molecular weight is 730 g/mol. The lowest BCUT2D eigenvalue weighted by Gasteiger charge is -2.43. The van der Waals surface area contributed by atoms with E-state index in [-0.39, 0.29) is 0 Å². The minimum atomic E-state index is -3.18. The molecule has 23 nitrogen and oxygen atoms in total. The van der Waals surface area contributed by atoms with Crippen molar-refractivity contribution >= 4 is 8.25 Å². The number of aliphatic hydroxyl groups is 14. The van der Waals surface area contributed by atoms with Gasteiger partial charge in [0.25, 0.3) is 0 Å². The molecule has 0 aromatic rings. The van der Waals surface area contributed by atoms with E-state index in [1.54, 1.807) is 0 Å². The Hall–Kier alpha value is -0.780. The van der Waals surface area contributed by atoms with Crippen LogP contribution in [0.5, 0.6) is 0 Å². The van der Waals surface area contributed by atoms with E-state index in [2.05, 4.69) is 0 Å². The number of hydrogen-bond donors (Lipinski definition) is 14. The van der Waals surface area contributed by atoms with Crippen LogP contribution in [0.4, 0.5) is 0 Å². The lowest BCUT2D eigenvalue weighted by molar-refractivity contribution is -0.383. The number of hydrogen-bond acceptors (Lipinski definition) is 23. The molecule has 0 spiro atoms. The van der Waals surface area contributed by atoms with Crippen molar-refractivity contribution in [2.75, 3.05) is 39.6 Å². The van der Waals surface area contributed by atoms with Crippen molar-refractivity contribution in [1.29, 1.82) is 0 Å². The molecule has 4 aliphatic heterocycles. The zero-order chi connectivity index (χ0) is 35.7. The Balaban J connectivity index is 1.34. The Morgan fingerprint density at radius 1 is 0.500 bits per heavy atom. The molecule has 0 aromatic carbocycles. The van der Waals surface area contributed by atoms with Gasteiger partial charge in [0.05, 0.1) is 13.2 Å². The average Bonchev–Trinajstić information content (AvgIpc) is 3.47. The summed E-state index contributed by atoms with van der Waals surface area (Å²) in [6, 6.07) is 0. The highest BCUT2D eigenvalue weighted by atomic mass is 31.1. The van der Waals surface area contributed by atoms with E-state index in [0.717, 1.165) is 0 Å². The molecule has 0 radical (unpaired) electrons. The van der Waals surface area contributed by atoms with Gasteiger partial charge in [-0.2, -0.15) is 0 Å². The first-order valence-corrected chi connectivity index (χ1v) is 15.7. The largest absolute Gasteiger partial charge is 0.697 e. The van der Waals surface area contributed by atoms with Gasteiger partial charge in [-0.1, -0.05) is 0 Å². The molecule has 24 heteroatoms. The first kappa shape index (κ1) is 40.0. The lowest BCUT2D eigenvalue weighted by atomic mass is 9.99. The van der Waals surface area contributed by atoms with Crippen molar-refractivity contribution in [1.82, 2.24) is 0 Å². The number of ether oxygens (including phenoxy) is 6. The van der Waals surface area contributed by atoms with Crippen LogP contribution in [0.1, 0.15) is 0 Å². The van der Waals surface area contributed by atoms with Crippen LogP contribution in [0.3, 0.4) is 0 Å². The van der Waals surface area contributed by atoms with Gasteiger partial charge in [0.1, 0.15) is 112 Å². The normalized spacial score (nSPS) is 49.8. The molecule has 48 heavy (non-hydrogen) atoms. The molecule has 4 heterocycles. The third kappa shape index (κ3) is 7.69. The van der Waals surface area contributed by atoms with Crippen molar-refractivity contribution in [3.8, 4) is 0 Å². The maximum absolute atomic E-state index is 12.5. The summed E-state index contributed by atoms with van der Waals surface area (Å²) in [7, 11) is -3.18. The quantitative estimate of drug-likeness (QED) is 0.0738. The second-order valence-electron chi connectivity index (χ2n) is 11.6. The molecule has 0 unspecified atom stereocenters. The van der Waals surface area contributed by atoms with E-state index in [0.29, 0.717) is 0 Å². The molecule has 4 fully saturated rings. The van der Waals surface area contributed by atoms with Crippen molar-refractivity contribution in [3.63, 3.8) is 0 Å². The Morgan fingerprint density at radius 2 is 0.854 bits per heavy atom. The molecule has 0 bridgehead atoms. The molecule has 4 rings (SSSR count). The monoisotopic (exact) mass is 729 g/mol. The summed E-state index contributed by atoms with van der Waals surface area (Å²) in [5, 5.41) is 141. The molecule has 0 saturated carbocycles. The minimum Gasteiger partial charge on any atom is -0.394 e. The van der Waals surface area contributed by atoms with Crippen molar-refractivity contribution in [3.05, 3.63) is 0 Å². The van der Waals surface area contributed by atoms with E-state index >= 15 is 0 Å². The highest BCUT2D eigenvalue weighted by Crippen LogP contribution is 2.38. The van der Waals surface area contributed by atoms with Gasteiger partial charge in [-0.3, -0.25) is 0 Å². The second-order valence-corrected chi connectivity index (χ2v) is 12.5. The SMILES string of the molecule is O=[P+](OC[C@H]1O[C@H](O[C@]2(CO)O[C@H](CO)[C@@H](O)[C@@H]2O)[C@H](O)[C@@H](O)[C@@H]1O)OC[C@H]1O[C@H](O[C@]2(CO)O[C@H](CO)[C@@H](O)[C@@H]2O)[C@H](O)[C@@H](O)[C@@H]1O. The van der Waals surface area contributed by atoms with Gasteiger partial charge in [0.2, 0.25) is 11.6 Å². The van der Waals surface area contributed by atoms with E-state index in [1.807, 2.05) is 0 Å². The summed E-state index contributed by atoms with van der Waals surface area (Å²) in [6.45, 7) is -5.51. The van der Waals surface area contributed by atoms with Crippen molar-refractivity contribution in [2.45, 2.75) is 110 Å². The minimum absolute atomic E-state index is 0.797. The summed E-state index contributed by atoms with van der Waals surface area (Å²) >= 11 is 0. The fourth-order valence-corrected chi connectivity index (χ4v) is 6.15. The Bertz CT molecular complexity index is 984. The van der Waals surface area contributed by atoms with Crippen LogP contribution < -0.4 is 0 Å². The molecule has 18 atom stereocenters. The maximum atomic E-state index is 12.5. The zero-order valence-electron chi connectivity index (χ0n) is 24.9. The summed E-state index contributed by atoms with van der Waals surface area (Å²) in [5.74, 6) is -4.89. The van der Waals surface area contributed by atoms with Gasteiger partial charge < -0.3 is 99.9 Å². The smallest absolute Gasteiger partial charge is 0.394 e. The van der Waals surface area contributed by atoms with Crippen molar-refractivity contribution in [2.24, 2.45) is 0 Å². The zero-order valence-corrected chi connectivity index (χ0v) is 25.8. The molecule has 0 amide bonds. The van der Waals surface area contributed by atoms with Gasteiger partial charge >= 0.3 is 8.25 Å². The summed E-state index contributed by atoms with van der Waals surface area (Å²) in [6.07, 6.45) is -29.2. The molecule has 4 aliphatic rings. The molecule has 0 aromatic heterocycles. The Labute approximate surface area is 271 Å². The molecule has 280 valence electrons. The molecular formula is C24H42O23P+. The third-order valence-electron chi connectivity index (χ3n) is 8.47. The Morgan fingerprint density at radius 3 is 1.15 bits per heavy atom. The van der Waals surface area contributed by atoms with Gasteiger partial charge in [-0.25, -0.2) is 0 Å². The lowest BCUT2D eigenvalue weighted by Crippen LogP contribution is -2.62. The van der Waals surface area contributed by atoms with Crippen LogP contribution in [0.15, 0.2) is 0 Å². The van der Waals surface area contributed by atoms with E-state index in [9.17, 15) is 76.1 Å². The van der Waals surface area contributed by atoms with Crippen LogP contribution >= 0.6 is 8.25 Å². The highest BCUT2D eigenvalue weighted by molar-refractivity contribution is 7.33.